The van der Waals surface area contributed by atoms with Crippen LogP contribution >= 0.6 is 12.4 Å². The van der Waals surface area contributed by atoms with Gasteiger partial charge in [-0.25, -0.2) is 0 Å². The fourth-order valence-corrected chi connectivity index (χ4v) is 4.22. The van der Waals surface area contributed by atoms with Crippen molar-refractivity contribution in [2.24, 2.45) is 11.1 Å². The second-order valence-electron chi connectivity index (χ2n) is 7.50. The van der Waals surface area contributed by atoms with Gasteiger partial charge in [0.25, 0.3) is 0 Å². The van der Waals surface area contributed by atoms with Crippen LogP contribution in [0.3, 0.4) is 0 Å². The number of para-hydroxylation sites is 1. The van der Waals surface area contributed by atoms with E-state index in [4.69, 9.17) is 5.73 Å². The Morgan fingerprint density at radius 2 is 1.85 bits per heavy atom. The summed E-state index contributed by atoms with van der Waals surface area (Å²) in [5.41, 5.74) is 8.08. The van der Waals surface area contributed by atoms with Gasteiger partial charge in [-0.3, -0.25) is 9.59 Å². The number of anilines is 1. The van der Waals surface area contributed by atoms with Gasteiger partial charge in [-0.15, -0.1) is 12.4 Å². The Balaban J connectivity index is 0.00000243. The summed E-state index contributed by atoms with van der Waals surface area (Å²) in [6.07, 6.45) is 7.97. The van der Waals surface area contributed by atoms with Gasteiger partial charge in [0, 0.05) is 18.7 Å². The van der Waals surface area contributed by atoms with Gasteiger partial charge in [-0.2, -0.15) is 0 Å². The maximum Gasteiger partial charge on any atom is 0.246 e. The number of rotatable bonds is 5. The summed E-state index contributed by atoms with van der Waals surface area (Å²) in [5, 5.41) is 2.83. The smallest absolute Gasteiger partial charge is 0.246 e. The highest BCUT2D eigenvalue weighted by Gasteiger charge is 2.33. The topological polar surface area (TPSA) is 75.4 Å². The highest BCUT2D eigenvalue weighted by molar-refractivity contribution is 5.97. The molecule has 3 rings (SSSR count). The lowest BCUT2D eigenvalue weighted by Gasteiger charge is -2.35. The van der Waals surface area contributed by atoms with Gasteiger partial charge in [-0.05, 0) is 49.3 Å². The quantitative estimate of drug-likeness (QED) is 0.825. The first-order valence-corrected chi connectivity index (χ1v) is 9.49. The molecule has 1 aliphatic carbocycles. The van der Waals surface area contributed by atoms with Crippen molar-refractivity contribution < 1.29 is 9.59 Å². The first-order chi connectivity index (χ1) is 12.1. The summed E-state index contributed by atoms with van der Waals surface area (Å²) in [6, 6.07) is 8.02. The standard InChI is InChI=1S/C20H29N3O2.ClH/c21-15-20(10-4-1-5-11-20)13-18(24)22-14-19(25)23-12-6-8-16-7-2-3-9-17(16)23;/h2-3,7,9H,1,4-6,8,10-15,21H2,(H,22,24);1H. The van der Waals surface area contributed by atoms with Crippen molar-refractivity contribution in [3.63, 3.8) is 0 Å². The number of hydrogen-bond donors (Lipinski definition) is 2. The third kappa shape index (κ3) is 4.77. The highest BCUT2D eigenvalue weighted by Crippen LogP contribution is 2.38. The van der Waals surface area contributed by atoms with Gasteiger partial charge >= 0.3 is 0 Å². The summed E-state index contributed by atoms with van der Waals surface area (Å²) in [6.45, 7) is 1.33. The number of hydrogen-bond acceptors (Lipinski definition) is 3. The third-order valence-corrected chi connectivity index (χ3v) is 5.73. The van der Waals surface area contributed by atoms with E-state index >= 15 is 0 Å². The van der Waals surface area contributed by atoms with E-state index in [1.165, 1.54) is 12.0 Å². The predicted octanol–water partition coefficient (Wildman–Crippen LogP) is 2.80. The van der Waals surface area contributed by atoms with E-state index in [1.807, 2.05) is 18.2 Å². The molecule has 1 heterocycles. The number of carbonyl (C=O) groups is 2. The van der Waals surface area contributed by atoms with Crippen LogP contribution < -0.4 is 16.0 Å². The first kappa shape index (κ1) is 20.7. The zero-order chi connectivity index (χ0) is 17.7. The van der Waals surface area contributed by atoms with Crippen molar-refractivity contribution in [2.75, 3.05) is 24.5 Å². The summed E-state index contributed by atoms with van der Waals surface area (Å²) in [7, 11) is 0. The average molecular weight is 380 g/mol. The SMILES string of the molecule is Cl.NCC1(CC(=O)NCC(=O)N2CCCc3ccccc32)CCCCC1. The minimum Gasteiger partial charge on any atom is -0.347 e. The van der Waals surface area contributed by atoms with E-state index < -0.39 is 0 Å². The molecule has 0 atom stereocenters. The minimum atomic E-state index is -0.0664. The Kier molecular flexibility index (Phi) is 7.47. The molecule has 26 heavy (non-hydrogen) atoms. The number of carbonyl (C=O) groups excluding carboxylic acids is 2. The molecule has 5 nitrogen and oxygen atoms in total. The van der Waals surface area contributed by atoms with Crippen LogP contribution in [-0.4, -0.2) is 31.4 Å². The Hall–Kier alpha value is -1.59. The Morgan fingerprint density at radius 1 is 1.12 bits per heavy atom. The van der Waals surface area contributed by atoms with Crippen LogP contribution in [0, 0.1) is 5.41 Å². The lowest BCUT2D eigenvalue weighted by Crippen LogP contribution is -2.44. The molecule has 0 bridgehead atoms. The van der Waals surface area contributed by atoms with Crippen LogP contribution in [0.25, 0.3) is 0 Å². The van der Waals surface area contributed by atoms with E-state index in [0.29, 0.717) is 13.0 Å². The molecule has 2 amide bonds. The molecule has 0 saturated heterocycles. The van der Waals surface area contributed by atoms with Crippen molar-refractivity contribution in [1.29, 1.82) is 0 Å². The number of nitrogens with zero attached hydrogens (tertiary/aromatic N) is 1. The highest BCUT2D eigenvalue weighted by atomic mass is 35.5. The van der Waals surface area contributed by atoms with Crippen LogP contribution in [-0.2, 0) is 16.0 Å². The fraction of sp³-hybridized carbons (Fsp3) is 0.600. The molecule has 1 aromatic rings. The largest absolute Gasteiger partial charge is 0.347 e. The van der Waals surface area contributed by atoms with E-state index in [0.717, 1.165) is 50.8 Å². The molecule has 1 aliphatic heterocycles. The molecule has 144 valence electrons. The van der Waals surface area contributed by atoms with E-state index in [9.17, 15) is 9.59 Å². The van der Waals surface area contributed by atoms with Gasteiger partial charge < -0.3 is 16.0 Å². The normalized spacial score (nSPS) is 18.4. The fourth-order valence-electron chi connectivity index (χ4n) is 4.22. The molecule has 0 spiro atoms. The summed E-state index contributed by atoms with van der Waals surface area (Å²) in [5.74, 6) is -0.0862. The van der Waals surface area contributed by atoms with Gasteiger partial charge in [0.2, 0.25) is 11.8 Å². The second-order valence-corrected chi connectivity index (χ2v) is 7.50. The van der Waals surface area contributed by atoms with Crippen LogP contribution in [0.15, 0.2) is 24.3 Å². The van der Waals surface area contributed by atoms with Gasteiger partial charge in [0.05, 0.1) is 6.54 Å². The monoisotopic (exact) mass is 379 g/mol. The molecule has 0 radical (unpaired) electrons. The Bertz CT molecular complexity index is 629. The summed E-state index contributed by atoms with van der Waals surface area (Å²) < 4.78 is 0. The number of halogens is 1. The second kappa shape index (κ2) is 9.38. The van der Waals surface area contributed by atoms with Gasteiger partial charge in [-0.1, -0.05) is 37.5 Å². The molecule has 2 aliphatic rings. The van der Waals surface area contributed by atoms with Crippen LogP contribution in [0.1, 0.15) is 50.5 Å². The number of nitrogens with one attached hydrogen (secondary N) is 1. The van der Waals surface area contributed by atoms with Crippen LogP contribution in [0.2, 0.25) is 0 Å². The van der Waals surface area contributed by atoms with Crippen molar-refractivity contribution in [1.82, 2.24) is 5.32 Å². The first-order valence-electron chi connectivity index (χ1n) is 9.49. The number of nitrogens with two attached hydrogens (primary N) is 1. The lowest BCUT2D eigenvalue weighted by molar-refractivity contribution is -0.127. The van der Waals surface area contributed by atoms with Gasteiger partial charge in [0.1, 0.15) is 0 Å². The molecular weight excluding hydrogens is 350 g/mol. The molecule has 0 aromatic heterocycles. The predicted molar refractivity (Wildman–Crippen MR) is 107 cm³/mol. The summed E-state index contributed by atoms with van der Waals surface area (Å²) >= 11 is 0. The van der Waals surface area contributed by atoms with E-state index in [2.05, 4.69) is 11.4 Å². The minimum absolute atomic E-state index is 0. The zero-order valence-electron chi connectivity index (χ0n) is 15.3. The number of benzene rings is 1. The number of amides is 2. The molecule has 1 saturated carbocycles. The zero-order valence-corrected chi connectivity index (χ0v) is 16.2. The van der Waals surface area contributed by atoms with E-state index in [1.54, 1.807) is 4.90 Å². The van der Waals surface area contributed by atoms with Crippen LogP contribution in [0.5, 0.6) is 0 Å². The van der Waals surface area contributed by atoms with Crippen molar-refractivity contribution in [3.8, 4) is 0 Å². The van der Waals surface area contributed by atoms with Crippen LogP contribution in [0.4, 0.5) is 5.69 Å². The van der Waals surface area contributed by atoms with Gasteiger partial charge in [0.15, 0.2) is 0 Å². The molecular formula is C20H30ClN3O2. The molecule has 0 unspecified atom stereocenters. The number of aryl methyl sites for hydroxylation is 1. The lowest BCUT2D eigenvalue weighted by atomic mass is 9.71. The maximum atomic E-state index is 12.6. The van der Waals surface area contributed by atoms with E-state index in [-0.39, 0.29) is 36.2 Å². The third-order valence-electron chi connectivity index (χ3n) is 5.73. The number of fused-ring (bicyclic) bond motifs is 1. The average Bonchev–Trinajstić information content (AvgIpc) is 2.66. The Morgan fingerprint density at radius 3 is 2.58 bits per heavy atom. The molecule has 1 aromatic carbocycles. The summed E-state index contributed by atoms with van der Waals surface area (Å²) in [4.78, 5) is 26.8. The molecule has 6 heteroatoms. The van der Waals surface area contributed by atoms with Crippen molar-refractivity contribution >= 4 is 29.9 Å². The van der Waals surface area contributed by atoms with Crippen molar-refractivity contribution in [2.45, 2.75) is 51.4 Å². The maximum absolute atomic E-state index is 12.6. The molecule has 1 fully saturated rings. The van der Waals surface area contributed by atoms with Crippen molar-refractivity contribution in [3.05, 3.63) is 29.8 Å². The Labute approximate surface area is 162 Å². The molecule has 3 N–H and O–H groups in total.